The van der Waals surface area contributed by atoms with E-state index in [4.69, 9.17) is 11.6 Å². The van der Waals surface area contributed by atoms with E-state index in [2.05, 4.69) is 26.6 Å². The van der Waals surface area contributed by atoms with Gasteiger partial charge in [-0.15, -0.1) is 0 Å². The molecule has 1 aromatic carbocycles. The van der Waals surface area contributed by atoms with Crippen LogP contribution in [0.5, 0.6) is 0 Å². The number of carbonyl (C=O) groups excluding carboxylic acids is 2. The summed E-state index contributed by atoms with van der Waals surface area (Å²) in [7, 11) is 0. The Hall–Kier alpha value is -1.07. The maximum Gasteiger partial charge on any atom is 0.251 e. The molecule has 17 heavy (non-hydrogen) atoms. The van der Waals surface area contributed by atoms with Gasteiger partial charge >= 0.3 is 0 Å². The summed E-state index contributed by atoms with van der Waals surface area (Å²) in [5.41, 5.74) is 0.487. The summed E-state index contributed by atoms with van der Waals surface area (Å²) in [5, 5.41) is 5.74. The van der Waals surface area contributed by atoms with E-state index in [1.54, 1.807) is 18.2 Å². The highest BCUT2D eigenvalue weighted by Gasteiger charge is 2.06. The third-order valence-electron chi connectivity index (χ3n) is 1.97. The number of benzene rings is 1. The Labute approximate surface area is 113 Å². The molecule has 0 atom stereocenters. The minimum Gasteiger partial charge on any atom is -0.355 e. The lowest BCUT2D eigenvalue weighted by atomic mass is 10.2. The Balaban J connectivity index is 2.47. The average molecular weight is 320 g/mol. The Morgan fingerprint density at radius 2 is 1.94 bits per heavy atom. The predicted molar refractivity (Wildman–Crippen MR) is 70.2 cm³/mol. The largest absolute Gasteiger partial charge is 0.355 e. The molecule has 6 heteroatoms. The van der Waals surface area contributed by atoms with Gasteiger partial charge < -0.3 is 10.6 Å². The third-order valence-corrected chi connectivity index (χ3v) is 3.20. The second kappa shape index (κ2) is 6.61. The molecule has 0 aliphatic carbocycles. The highest BCUT2D eigenvalue weighted by molar-refractivity contribution is 9.10. The molecule has 0 saturated carbocycles. The smallest absolute Gasteiger partial charge is 0.251 e. The molecule has 4 nitrogen and oxygen atoms in total. The zero-order valence-electron chi connectivity index (χ0n) is 9.22. The van der Waals surface area contributed by atoms with Crippen molar-refractivity contribution < 1.29 is 9.59 Å². The lowest BCUT2D eigenvalue weighted by Gasteiger charge is -2.06. The van der Waals surface area contributed by atoms with E-state index in [1.165, 1.54) is 6.92 Å². The standard InChI is InChI=1S/C11H12BrClN2O2/c1-7(16)14-4-5-15-11(17)8-2-3-9(12)10(13)6-8/h2-3,6H,4-5H2,1H3,(H,14,16)(H,15,17). The van der Waals surface area contributed by atoms with Crippen LogP contribution in [0.1, 0.15) is 17.3 Å². The molecule has 0 aromatic heterocycles. The maximum absolute atomic E-state index is 11.7. The molecule has 1 rings (SSSR count). The van der Waals surface area contributed by atoms with Gasteiger partial charge in [0, 0.05) is 30.0 Å². The van der Waals surface area contributed by atoms with Gasteiger partial charge in [0.2, 0.25) is 5.91 Å². The summed E-state index contributed by atoms with van der Waals surface area (Å²) < 4.78 is 0.744. The van der Waals surface area contributed by atoms with Crippen LogP contribution in [0.4, 0.5) is 0 Å². The molecule has 92 valence electrons. The van der Waals surface area contributed by atoms with Gasteiger partial charge in [-0.3, -0.25) is 9.59 Å². The van der Waals surface area contributed by atoms with Crippen LogP contribution in [0.3, 0.4) is 0 Å². The van der Waals surface area contributed by atoms with E-state index in [0.29, 0.717) is 23.7 Å². The van der Waals surface area contributed by atoms with Crippen LogP contribution in [-0.4, -0.2) is 24.9 Å². The minimum absolute atomic E-state index is 0.120. The van der Waals surface area contributed by atoms with Crippen LogP contribution in [0.15, 0.2) is 22.7 Å². The van der Waals surface area contributed by atoms with Crippen LogP contribution >= 0.6 is 27.5 Å². The number of amides is 2. The van der Waals surface area contributed by atoms with Crippen molar-refractivity contribution in [2.75, 3.05) is 13.1 Å². The number of carbonyl (C=O) groups is 2. The number of halogens is 2. The van der Waals surface area contributed by atoms with Crippen LogP contribution in [0.2, 0.25) is 5.02 Å². The fraction of sp³-hybridized carbons (Fsp3) is 0.273. The van der Waals surface area contributed by atoms with Gasteiger partial charge in [-0.2, -0.15) is 0 Å². The van der Waals surface area contributed by atoms with Crippen molar-refractivity contribution in [3.05, 3.63) is 33.3 Å². The first-order valence-corrected chi connectivity index (χ1v) is 6.15. The van der Waals surface area contributed by atoms with Gasteiger partial charge in [-0.25, -0.2) is 0 Å². The lowest BCUT2D eigenvalue weighted by molar-refractivity contribution is -0.118. The van der Waals surface area contributed by atoms with E-state index in [1.807, 2.05) is 0 Å². The third kappa shape index (κ3) is 4.75. The van der Waals surface area contributed by atoms with Gasteiger partial charge in [0.05, 0.1) is 5.02 Å². The Bertz CT molecular complexity index is 437. The first kappa shape index (κ1) is 14.0. The van der Waals surface area contributed by atoms with E-state index in [-0.39, 0.29) is 11.8 Å². The SMILES string of the molecule is CC(=O)NCCNC(=O)c1ccc(Br)c(Cl)c1. The van der Waals surface area contributed by atoms with Gasteiger partial charge in [0.25, 0.3) is 5.91 Å². The second-order valence-corrected chi connectivity index (χ2v) is 4.63. The molecule has 0 radical (unpaired) electrons. The molecule has 0 spiro atoms. The van der Waals surface area contributed by atoms with E-state index < -0.39 is 0 Å². The number of hydrogen-bond donors (Lipinski definition) is 2. The Morgan fingerprint density at radius 1 is 1.29 bits per heavy atom. The quantitative estimate of drug-likeness (QED) is 0.834. The van der Waals surface area contributed by atoms with Gasteiger partial charge in [-0.1, -0.05) is 11.6 Å². The molecular formula is C11H12BrClN2O2. The summed E-state index contributed by atoms with van der Waals surface area (Å²) in [6.45, 7) is 2.22. The fourth-order valence-electron chi connectivity index (χ4n) is 1.15. The number of hydrogen-bond acceptors (Lipinski definition) is 2. The Morgan fingerprint density at radius 3 is 2.53 bits per heavy atom. The summed E-state index contributed by atoms with van der Waals surface area (Å²) in [4.78, 5) is 22.2. The molecule has 0 heterocycles. The second-order valence-electron chi connectivity index (χ2n) is 3.37. The molecule has 1 aromatic rings. The maximum atomic E-state index is 11.7. The van der Waals surface area contributed by atoms with E-state index in [9.17, 15) is 9.59 Å². The molecule has 0 fully saturated rings. The highest BCUT2D eigenvalue weighted by Crippen LogP contribution is 2.22. The molecule has 0 saturated heterocycles. The summed E-state index contributed by atoms with van der Waals surface area (Å²) in [5.74, 6) is -0.337. The average Bonchev–Trinajstić information content (AvgIpc) is 2.27. The summed E-state index contributed by atoms with van der Waals surface area (Å²) in [6.07, 6.45) is 0. The molecular weight excluding hydrogens is 307 g/mol. The van der Waals surface area contributed by atoms with E-state index >= 15 is 0 Å². The molecule has 2 N–H and O–H groups in total. The molecule has 2 amide bonds. The van der Waals surface area contributed by atoms with Crippen molar-refractivity contribution in [3.8, 4) is 0 Å². The van der Waals surface area contributed by atoms with Crippen molar-refractivity contribution in [2.24, 2.45) is 0 Å². The van der Waals surface area contributed by atoms with Crippen LogP contribution in [-0.2, 0) is 4.79 Å². The Kier molecular flexibility index (Phi) is 5.44. The van der Waals surface area contributed by atoms with Crippen molar-refractivity contribution >= 4 is 39.3 Å². The zero-order chi connectivity index (χ0) is 12.8. The first-order chi connectivity index (χ1) is 8.00. The van der Waals surface area contributed by atoms with Crippen LogP contribution in [0.25, 0.3) is 0 Å². The molecule has 0 unspecified atom stereocenters. The number of rotatable bonds is 4. The normalized spacial score (nSPS) is 9.82. The molecule has 0 aliphatic rings. The highest BCUT2D eigenvalue weighted by atomic mass is 79.9. The summed E-state index contributed by atoms with van der Waals surface area (Å²) >= 11 is 9.12. The van der Waals surface area contributed by atoms with Crippen molar-refractivity contribution in [1.29, 1.82) is 0 Å². The van der Waals surface area contributed by atoms with E-state index in [0.717, 1.165) is 4.47 Å². The zero-order valence-corrected chi connectivity index (χ0v) is 11.6. The van der Waals surface area contributed by atoms with Crippen LogP contribution in [0, 0.1) is 0 Å². The lowest BCUT2D eigenvalue weighted by Crippen LogP contribution is -2.33. The molecule has 0 aliphatic heterocycles. The monoisotopic (exact) mass is 318 g/mol. The summed E-state index contributed by atoms with van der Waals surface area (Å²) in [6, 6.07) is 4.97. The topological polar surface area (TPSA) is 58.2 Å². The van der Waals surface area contributed by atoms with Gasteiger partial charge in [0.15, 0.2) is 0 Å². The molecule has 0 bridgehead atoms. The number of nitrogens with one attached hydrogen (secondary N) is 2. The van der Waals surface area contributed by atoms with Crippen molar-refractivity contribution in [2.45, 2.75) is 6.92 Å². The van der Waals surface area contributed by atoms with Crippen LogP contribution < -0.4 is 10.6 Å². The first-order valence-electron chi connectivity index (χ1n) is 4.98. The predicted octanol–water partition coefficient (Wildman–Crippen LogP) is 1.97. The van der Waals surface area contributed by atoms with Crippen molar-refractivity contribution in [1.82, 2.24) is 10.6 Å². The van der Waals surface area contributed by atoms with Gasteiger partial charge in [-0.05, 0) is 34.1 Å². The minimum atomic E-state index is -0.218. The van der Waals surface area contributed by atoms with Gasteiger partial charge in [0.1, 0.15) is 0 Å². The van der Waals surface area contributed by atoms with Crippen molar-refractivity contribution in [3.63, 3.8) is 0 Å². The fourth-order valence-corrected chi connectivity index (χ4v) is 1.58.